The number of amides is 1. The average Bonchev–Trinajstić information content (AvgIpc) is 2.93. The second-order valence-corrected chi connectivity index (χ2v) is 5.50. The summed E-state index contributed by atoms with van der Waals surface area (Å²) in [5.41, 5.74) is 5.79. The number of nitrogens with one attached hydrogen (secondary N) is 1. The van der Waals surface area contributed by atoms with Gasteiger partial charge in [-0.15, -0.1) is 11.3 Å². The van der Waals surface area contributed by atoms with E-state index in [0.29, 0.717) is 19.1 Å². The van der Waals surface area contributed by atoms with Gasteiger partial charge in [0.1, 0.15) is 0 Å². The van der Waals surface area contributed by atoms with Gasteiger partial charge < -0.3 is 11.1 Å². The van der Waals surface area contributed by atoms with Crippen LogP contribution >= 0.6 is 11.3 Å². The number of likely N-dealkylation sites (N-methyl/N-ethyl adjacent to an activating group) is 1. The Hall–Kier alpha value is -0.910. The van der Waals surface area contributed by atoms with Crippen molar-refractivity contribution in [2.75, 3.05) is 20.1 Å². The molecule has 2 rings (SSSR count). The summed E-state index contributed by atoms with van der Waals surface area (Å²) in [6.07, 6.45) is 2.25. The molecule has 1 aliphatic rings. The van der Waals surface area contributed by atoms with Crippen molar-refractivity contribution in [3.05, 3.63) is 22.4 Å². The standard InChI is InChI=1S/C12H19N3OS/c1-15(8-12(16)14-9-4-5-9)10(7-13)11-3-2-6-17-11/h2-3,6,9-10H,4-5,7-8,13H2,1H3,(H,14,16). The molecule has 1 unspecified atom stereocenters. The highest BCUT2D eigenvalue weighted by atomic mass is 32.1. The topological polar surface area (TPSA) is 58.4 Å². The van der Waals surface area contributed by atoms with Gasteiger partial charge in [-0.25, -0.2) is 0 Å². The van der Waals surface area contributed by atoms with Crippen molar-refractivity contribution in [2.24, 2.45) is 5.73 Å². The number of hydrogen-bond acceptors (Lipinski definition) is 4. The van der Waals surface area contributed by atoms with Gasteiger partial charge in [-0.1, -0.05) is 6.07 Å². The van der Waals surface area contributed by atoms with Crippen LogP contribution < -0.4 is 11.1 Å². The van der Waals surface area contributed by atoms with E-state index in [9.17, 15) is 4.79 Å². The van der Waals surface area contributed by atoms with E-state index in [2.05, 4.69) is 11.4 Å². The van der Waals surface area contributed by atoms with E-state index in [0.717, 1.165) is 12.8 Å². The molecule has 1 aliphatic carbocycles. The second-order valence-electron chi connectivity index (χ2n) is 4.52. The van der Waals surface area contributed by atoms with Crippen molar-refractivity contribution in [2.45, 2.75) is 24.9 Å². The molecule has 4 nitrogen and oxygen atoms in total. The minimum Gasteiger partial charge on any atom is -0.352 e. The van der Waals surface area contributed by atoms with Crippen molar-refractivity contribution in [3.8, 4) is 0 Å². The fraction of sp³-hybridized carbons (Fsp3) is 0.583. The number of thiophene rings is 1. The third-order valence-corrected chi connectivity index (χ3v) is 3.94. The third-order valence-electron chi connectivity index (χ3n) is 2.96. The van der Waals surface area contributed by atoms with Crippen LogP contribution in [0.3, 0.4) is 0 Å². The van der Waals surface area contributed by atoms with Gasteiger partial charge in [-0.3, -0.25) is 9.69 Å². The minimum absolute atomic E-state index is 0.102. The molecular weight excluding hydrogens is 234 g/mol. The molecule has 0 radical (unpaired) electrons. The van der Waals surface area contributed by atoms with Gasteiger partial charge in [-0.05, 0) is 31.3 Å². The molecular formula is C12H19N3OS. The summed E-state index contributed by atoms with van der Waals surface area (Å²) >= 11 is 1.68. The highest BCUT2D eigenvalue weighted by molar-refractivity contribution is 7.10. The Labute approximate surface area is 106 Å². The lowest BCUT2D eigenvalue weighted by Gasteiger charge is -2.25. The van der Waals surface area contributed by atoms with Crippen LogP contribution in [0, 0.1) is 0 Å². The van der Waals surface area contributed by atoms with E-state index in [1.54, 1.807) is 11.3 Å². The van der Waals surface area contributed by atoms with Gasteiger partial charge >= 0.3 is 0 Å². The van der Waals surface area contributed by atoms with Crippen LogP contribution in [0.1, 0.15) is 23.8 Å². The molecule has 0 aliphatic heterocycles. The van der Waals surface area contributed by atoms with E-state index < -0.39 is 0 Å². The van der Waals surface area contributed by atoms with Crippen molar-refractivity contribution in [1.82, 2.24) is 10.2 Å². The van der Waals surface area contributed by atoms with E-state index in [1.807, 2.05) is 23.4 Å². The Balaban J connectivity index is 1.87. The normalized spacial score (nSPS) is 17.1. The number of rotatable bonds is 6. The SMILES string of the molecule is CN(CC(=O)NC1CC1)C(CN)c1cccs1. The molecule has 1 heterocycles. The van der Waals surface area contributed by atoms with Gasteiger partial charge in [0.05, 0.1) is 12.6 Å². The Bertz CT molecular complexity index is 362. The largest absolute Gasteiger partial charge is 0.352 e. The van der Waals surface area contributed by atoms with Gasteiger partial charge in [0.15, 0.2) is 0 Å². The van der Waals surface area contributed by atoms with Crippen LogP contribution in [0.15, 0.2) is 17.5 Å². The fourth-order valence-electron chi connectivity index (χ4n) is 1.83. The number of nitrogens with zero attached hydrogens (tertiary/aromatic N) is 1. The van der Waals surface area contributed by atoms with Gasteiger partial charge in [-0.2, -0.15) is 0 Å². The molecule has 1 aromatic heterocycles. The zero-order valence-corrected chi connectivity index (χ0v) is 10.9. The summed E-state index contributed by atoms with van der Waals surface area (Å²) in [5, 5.41) is 5.03. The quantitative estimate of drug-likeness (QED) is 0.794. The number of carbonyl (C=O) groups is 1. The maximum atomic E-state index is 11.7. The lowest BCUT2D eigenvalue weighted by Crippen LogP contribution is -2.39. The van der Waals surface area contributed by atoms with Gasteiger partial charge in [0.25, 0.3) is 0 Å². The molecule has 0 bridgehead atoms. The summed E-state index contributed by atoms with van der Waals surface area (Å²) in [6, 6.07) is 4.65. The van der Waals surface area contributed by atoms with Crippen LogP contribution in [0.5, 0.6) is 0 Å². The van der Waals surface area contributed by atoms with Crippen molar-refractivity contribution in [1.29, 1.82) is 0 Å². The van der Waals surface area contributed by atoms with Gasteiger partial charge in [0.2, 0.25) is 5.91 Å². The fourth-order valence-corrected chi connectivity index (χ4v) is 2.74. The van der Waals surface area contributed by atoms with Crippen molar-refractivity contribution >= 4 is 17.2 Å². The molecule has 5 heteroatoms. The zero-order chi connectivity index (χ0) is 12.3. The Morgan fingerprint density at radius 3 is 3.00 bits per heavy atom. The van der Waals surface area contributed by atoms with Crippen LogP contribution in [0.25, 0.3) is 0 Å². The molecule has 1 saturated carbocycles. The molecule has 17 heavy (non-hydrogen) atoms. The van der Waals surface area contributed by atoms with Crippen molar-refractivity contribution in [3.63, 3.8) is 0 Å². The first-order valence-electron chi connectivity index (χ1n) is 5.93. The van der Waals surface area contributed by atoms with E-state index in [1.165, 1.54) is 4.88 Å². The summed E-state index contributed by atoms with van der Waals surface area (Å²) in [7, 11) is 1.95. The van der Waals surface area contributed by atoms with E-state index in [-0.39, 0.29) is 11.9 Å². The van der Waals surface area contributed by atoms with E-state index in [4.69, 9.17) is 5.73 Å². The number of nitrogens with two attached hydrogens (primary N) is 1. The highest BCUT2D eigenvalue weighted by Gasteiger charge is 2.25. The molecule has 1 atom stereocenters. The smallest absolute Gasteiger partial charge is 0.234 e. The first kappa shape index (κ1) is 12.5. The average molecular weight is 253 g/mol. The Morgan fingerprint density at radius 2 is 2.47 bits per heavy atom. The summed E-state index contributed by atoms with van der Waals surface area (Å²) in [6.45, 7) is 0.948. The molecule has 94 valence electrons. The molecule has 1 amide bonds. The minimum atomic E-state index is 0.102. The van der Waals surface area contributed by atoms with Gasteiger partial charge in [0, 0.05) is 17.5 Å². The zero-order valence-electron chi connectivity index (χ0n) is 10.1. The third kappa shape index (κ3) is 3.52. The molecule has 1 aromatic rings. The maximum Gasteiger partial charge on any atom is 0.234 e. The molecule has 0 aromatic carbocycles. The predicted octanol–water partition coefficient (Wildman–Crippen LogP) is 0.958. The number of carbonyl (C=O) groups excluding carboxylic acids is 1. The van der Waals surface area contributed by atoms with Crippen LogP contribution in [-0.2, 0) is 4.79 Å². The molecule has 3 N–H and O–H groups in total. The lowest BCUT2D eigenvalue weighted by atomic mass is 10.2. The van der Waals surface area contributed by atoms with Crippen LogP contribution in [-0.4, -0.2) is 37.0 Å². The molecule has 0 saturated heterocycles. The number of hydrogen-bond donors (Lipinski definition) is 2. The summed E-state index contributed by atoms with van der Waals surface area (Å²) in [4.78, 5) is 14.9. The first-order valence-corrected chi connectivity index (χ1v) is 6.81. The second kappa shape index (κ2) is 5.62. The predicted molar refractivity (Wildman–Crippen MR) is 69.9 cm³/mol. The molecule has 1 fully saturated rings. The Kier molecular flexibility index (Phi) is 4.15. The summed E-state index contributed by atoms with van der Waals surface area (Å²) in [5.74, 6) is 0.102. The lowest BCUT2D eigenvalue weighted by molar-refractivity contribution is -0.122. The maximum absolute atomic E-state index is 11.7. The van der Waals surface area contributed by atoms with E-state index >= 15 is 0 Å². The molecule has 0 spiro atoms. The highest BCUT2D eigenvalue weighted by Crippen LogP contribution is 2.23. The summed E-state index contributed by atoms with van der Waals surface area (Å²) < 4.78 is 0. The van der Waals surface area contributed by atoms with Crippen molar-refractivity contribution < 1.29 is 4.79 Å². The Morgan fingerprint density at radius 1 is 1.71 bits per heavy atom. The van der Waals surface area contributed by atoms with Crippen LogP contribution in [0.4, 0.5) is 0 Å². The van der Waals surface area contributed by atoms with Crippen LogP contribution in [0.2, 0.25) is 0 Å². The first-order chi connectivity index (χ1) is 8.20. The monoisotopic (exact) mass is 253 g/mol.